The molecule has 11 heteroatoms. The number of nitrogens with zero attached hydrogens (tertiary/aromatic N) is 3. The van der Waals surface area contributed by atoms with E-state index in [4.69, 9.17) is 11.6 Å². The van der Waals surface area contributed by atoms with Crippen LogP contribution in [-0.4, -0.2) is 45.3 Å². The Morgan fingerprint density at radius 1 is 1.29 bits per heavy atom. The monoisotopic (exact) mass is 490 g/mol. The zero-order chi connectivity index (χ0) is 24.5. The van der Waals surface area contributed by atoms with Gasteiger partial charge in [0.2, 0.25) is 0 Å². The summed E-state index contributed by atoms with van der Waals surface area (Å²) in [7, 11) is 1.64. The fourth-order valence-electron chi connectivity index (χ4n) is 3.59. The number of anilines is 2. The van der Waals surface area contributed by atoms with E-state index in [1.54, 1.807) is 25.4 Å². The van der Waals surface area contributed by atoms with Crippen LogP contribution in [0.3, 0.4) is 0 Å². The van der Waals surface area contributed by atoms with Gasteiger partial charge in [-0.25, -0.2) is 4.98 Å². The highest BCUT2D eigenvalue weighted by Crippen LogP contribution is 2.34. The molecular weight excluding hydrogens is 470 g/mol. The molecule has 0 radical (unpaired) electrons. The lowest BCUT2D eigenvalue weighted by molar-refractivity contribution is -0.0964. The van der Waals surface area contributed by atoms with E-state index in [0.29, 0.717) is 29.2 Å². The van der Waals surface area contributed by atoms with Gasteiger partial charge >= 0.3 is 5.57 Å². The number of alkyl halides is 3. The Kier molecular flexibility index (Phi) is 6.54. The molecule has 3 aromatic rings. The lowest BCUT2D eigenvalue weighted by Crippen LogP contribution is -2.50. The molecule has 1 aliphatic rings. The number of carbonyl (C=O) groups excluding carboxylic acids is 1. The van der Waals surface area contributed by atoms with Gasteiger partial charge in [0, 0.05) is 54.9 Å². The van der Waals surface area contributed by atoms with E-state index in [1.807, 2.05) is 4.90 Å². The molecule has 0 aliphatic carbocycles. The number of ether oxygens (including phenoxy) is 1. The molecule has 1 saturated heterocycles. The molecule has 1 aromatic carbocycles. The number of pyridine rings is 2. The van der Waals surface area contributed by atoms with Crippen molar-refractivity contribution in [3.8, 4) is 16.9 Å². The number of amides is 1. The average Bonchev–Trinajstić information content (AvgIpc) is 2.76. The number of hydrogen-bond acceptors (Lipinski definition) is 6. The van der Waals surface area contributed by atoms with Gasteiger partial charge < -0.3 is 24.6 Å². The molecule has 2 aromatic heterocycles. The second-order valence-corrected chi connectivity index (χ2v) is 8.24. The number of aliphatic hydroxyl groups is 1. The molecule has 1 fully saturated rings. The molecule has 1 amide bonds. The number of carbonyl (C=O) groups is 1. The van der Waals surface area contributed by atoms with Crippen molar-refractivity contribution in [3.05, 3.63) is 70.8 Å². The Labute approximate surface area is 198 Å². The number of halogens is 3. The molecule has 0 saturated carbocycles. The SMILES string of the molecule is Cn1ccc(-c2cc(C(=O)Nc3ccc(OC(F)(F)Cl)cc3)cnc2N2CC[C@H]2CO)cc1=O. The quantitative estimate of drug-likeness (QED) is 0.492. The highest BCUT2D eigenvalue weighted by atomic mass is 35.5. The van der Waals surface area contributed by atoms with Crippen molar-refractivity contribution < 1.29 is 23.4 Å². The minimum Gasteiger partial charge on any atom is -0.420 e. The Bertz CT molecular complexity index is 1260. The maximum absolute atomic E-state index is 12.9. The third kappa shape index (κ3) is 5.18. The van der Waals surface area contributed by atoms with Gasteiger partial charge in [-0.2, -0.15) is 0 Å². The molecular formula is C23H21ClF2N4O4. The summed E-state index contributed by atoms with van der Waals surface area (Å²) in [5.74, 6) is -0.0775. The first-order valence-corrected chi connectivity index (χ1v) is 10.7. The molecule has 2 N–H and O–H groups in total. The molecule has 1 atom stereocenters. The largest absolute Gasteiger partial charge is 0.487 e. The molecule has 3 heterocycles. The zero-order valence-corrected chi connectivity index (χ0v) is 18.8. The average molecular weight is 491 g/mol. The molecule has 0 bridgehead atoms. The van der Waals surface area contributed by atoms with Crippen LogP contribution in [-0.2, 0) is 7.05 Å². The first-order valence-electron chi connectivity index (χ1n) is 10.4. The second-order valence-electron chi connectivity index (χ2n) is 7.80. The van der Waals surface area contributed by atoms with E-state index in [9.17, 15) is 23.5 Å². The number of rotatable bonds is 7. The third-order valence-corrected chi connectivity index (χ3v) is 5.59. The van der Waals surface area contributed by atoms with Crippen LogP contribution in [0.15, 0.2) is 59.7 Å². The van der Waals surface area contributed by atoms with Gasteiger partial charge in [-0.1, -0.05) is 0 Å². The Hall–Kier alpha value is -3.50. The predicted octanol–water partition coefficient (Wildman–Crippen LogP) is 3.44. The van der Waals surface area contributed by atoms with E-state index in [0.717, 1.165) is 6.42 Å². The Morgan fingerprint density at radius 3 is 2.62 bits per heavy atom. The van der Waals surface area contributed by atoms with Crippen LogP contribution >= 0.6 is 11.6 Å². The lowest BCUT2D eigenvalue weighted by Gasteiger charge is -2.41. The topological polar surface area (TPSA) is 96.7 Å². The van der Waals surface area contributed by atoms with Crippen LogP contribution < -0.4 is 20.5 Å². The summed E-state index contributed by atoms with van der Waals surface area (Å²) >= 11 is 4.75. The molecule has 4 rings (SSSR count). The van der Waals surface area contributed by atoms with Gasteiger partial charge in [0.25, 0.3) is 11.5 Å². The molecule has 178 valence electrons. The number of hydrogen-bond donors (Lipinski definition) is 2. The first-order chi connectivity index (χ1) is 16.1. The Balaban J connectivity index is 1.62. The summed E-state index contributed by atoms with van der Waals surface area (Å²) in [6, 6.07) is 10.0. The summed E-state index contributed by atoms with van der Waals surface area (Å²) in [5.41, 5.74) is -2.31. The highest BCUT2D eigenvalue weighted by Gasteiger charge is 2.31. The minimum absolute atomic E-state index is 0.0325. The van der Waals surface area contributed by atoms with Crippen LogP contribution in [0.2, 0.25) is 0 Å². The zero-order valence-electron chi connectivity index (χ0n) is 18.0. The van der Waals surface area contributed by atoms with Gasteiger partial charge in [0.1, 0.15) is 11.6 Å². The molecule has 34 heavy (non-hydrogen) atoms. The highest BCUT2D eigenvalue weighted by molar-refractivity contribution is 6.20. The van der Waals surface area contributed by atoms with Gasteiger partial charge in [0.05, 0.1) is 18.2 Å². The van der Waals surface area contributed by atoms with Gasteiger partial charge in [-0.05, 0) is 48.4 Å². The van der Waals surface area contributed by atoms with Crippen LogP contribution in [0.4, 0.5) is 20.3 Å². The maximum atomic E-state index is 12.9. The van der Waals surface area contributed by atoms with Crippen molar-refractivity contribution in [1.82, 2.24) is 9.55 Å². The summed E-state index contributed by atoms with van der Waals surface area (Å²) < 4.78 is 31.2. The normalized spacial score (nSPS) is 15.6. The standard InChI is InChI=1S/C23H21ClF2N4O4/c1-29-8-6-14(11-20(29)32)19-10-15(12-27-21(19)30-9-7-17(30)13-31)22(33)28-16-2-4-18(5-3-16)34-23(24,25)26/h2-6,8,10-12,17,31H,7,9,13H2,1H3,(H,28,33)/t17-/m0/s1. The van der Waals surface area contributed by atoms with E-state index < -0.39 is 11.5 Å². The van der Waals surface area contributed by atoms with Gasteiger partial charge in [-0.15, -0.1) is 8.78 Å². The molecule has 0 unspecified atom stereocenters. The number of aliphatic hydroxyl groups excluding tert-OH is 1. The molecule has 1 aliphatic heterocycles. The van der Waals surface area contributed by atoms with Crippen molar-refractivity contribution in [2.45, 2.75) is 18.0 Å². The van der Waals surface area contributed by atoms with E-state index in [1.165, 1.54) is 41.1 Å². The van der Waals surface area contributed by atoms with E-state index >= 15 is 0 Å². The summed E-state index contributed by atoms with van der Waals surface area (Å²) in [4.78, 5) is 31.5. The van der Waals surface area contributed by atoms with Crippen LogP contribution in [0, 0.1) is 0 Å². The Morgan fingerprint density at radius 2 is 2.03 bits per heavy atom. The minimum atomic E-state index is -3.83. The van der Waals surface area contributed by atoms with Gasteiger partial charge in [0.15, 0.2) is 0 Å². The fourth-order valence-corrected chi connectivity index (χ4v) is 3.68. The maximum Gasteiger partial charge on any atom is 0.487 e. The van der Waals surface area contributed by atoms with E-state index in [2.05, 4.69) is 15.0 Å². The van der Waals surface area contributed by atoms with Crippen molar-refractivity contribution in [1.29, 1.82) is 0 Å². The van der Waals surface area contributed by atoms with Gasteiger partial charge in [-0.3, -0.25) is 9.59 Å². The number of aromatic nitrogens is 2. The number of nitrogens with one attached hydrogen (secondary N) is 1. The van der Waals surface area contributed by atoms with Crippen molar-refractivity contribution in [2.24, 2.45) is 7.05 Å². The van der Waals surface area contributed by atoms with Crippen LogP contribution in [0.5, 0.6) is 5.75 Å². The van der Waals surface area contributed by atoms with Crippen LogP contribution in [0.25, 0.3) is 11.1 Å². The fraction of sp³-hybridized carbons (Fsp3) is 0.261. The number of aryl methyl sites for hydroxylation is 1. The first kappa shape index (κ1) is 23.7. The third-order valence-electron chi connectivity index (χ3n) is 5.52. The molecule has 0 spiro atoms. The van der Waals surface area contributed by atoms with Crippen molar-refractivity contribution in [2.75, 3.05) is 23.4 Å². The van der Waals surface area contributed by atoms with E-state index in [-0.39, 0.29) is 29.5 Å². The smallest absolute Gasteiger partial charge is 0.420 e. The number of benzene rings is 1. The van der Waals surface area contributed by atoms with Crippen LogP contribution in [0.1, 0.15) is 16.8 Å². The van der Waals surface area contributed by atoms with Crippen molar-refractivity contribution >= 4 is 29.0 Å². The summed E-state index contributed by atoms with van der Waals surface area (Å²) in [6.45, 7) is 0.659. The van der Waals surface area contributed by atoms with Crippen molar-refractivity contribution in [3.63, 3.8) is 0 Å². The second kappa shape index (κ2) is 9.40. The predicted molar refractivity (Wildman–Crippen MR) is 124 cm³/mol. The lowest BCUT2D eigenvalue weighted by atomic mass is 9.99. The summed E-state index contributed by atoms with van der Waals surface area (Å²) in [6.07, 6.45) is 3.85. The molecule has 8 nitrogen and oxygen atoms in total. The summed E-state index contributed by atoms with van der Waals surface area (Å²) in [5, 5.41) is 12.3.